The highest BCUT2D eigenvalue weighted by Crippen LogP contribution is 2.17. The minimum Gasteiger partial charge on any atom is -0.257 e. The zero-order valence-electron chi connectivity index (χ0n) is 6.82. The molecule has 0 aliphatic rings. The SMILES string of the molecule is [CH]OS(=O)(=O)c1cc(F)ccc1C. The van der Waals surface area contributed by atoms with Crippen molar-refractivity contribution >= 4 is 10.1 Å². The van der Waals surface area contributed by atoms with Gasteiger partial charge >= 0.3 is 0 Å². The Morgan fingerprint density at radius 2 is 2.08 bits per heavy atom. The molecule has 0 atom stereocenters. The Morgan fingerprint density at radius 1 is 1.46 bits per heavy atom. The molecule has 0 aromatic heterocycles. The Labute approximate surface area is 76.3 Å². The van der Waals surface area contributed by atoms with Gasteiger partial charge < -0.3 is 0 Å². The number of rotatable bonds is 2. The summed E-state index contributed by atoms with van der Waals surface area (Å²) in [5.41, 5.74) is 0.381. The smallest absolute Gasteiger partial charge is 0.257 e. The first kappa shape index (κ1) is 10.1. The Kier molecular flexibility index (Phi) is 2.68. The minimum atomic E-state index is -4.01. The first-order chi connectivity index (χ1) is 5.97. The van der Waals surface area contributed by atoms with Crippen LogP contribution in [0.3, 0.4) is 0 Å². The molecule has 3 nitrogen and oxygen atoms in total. The standard InChI is InChI=1S/C8H7FO3S/c1-6-3-4-7(9)5-8(6)13(10,11)12-2/h2-5H,1H3. The van der Waals surface area contributed by atoms with E-state index in [1.165, 1.54) is 13.0 Å². The second-order valence-electron chi connectivity index (χ2n) is 2.46. The molecule has 70 valence electrons. The van der Waals surface area contributed by atoms with Gasteiger partial charge in [0.05, 0.1) is 4.90 Å². The predicted octanol–water partition coefficient (Wildman–Crippen LogP) is 1.51. The van der Waals surface area contributed by atoms with E-state index in [1.807, 2.05) is 0 Å². The van der Waals surface area contributed by atoms with Gasteiger partial charge in [0.1, 0.15) is 12.9 Å². The Bertz CT molecular complexity index is 411. The number of aryl methyl sites for hydroxylation is 1. The lowest BCUT2D eigenvalue weighted by atomic mass is 10.2. The molecule has 1 rings (SSSR count). The average Bonchev–Trinajstić information content (AvgIpc) is 2.09. The van der Waals surface area contributed by atoms with E-state index in [4.69, 9.17) is 0 Å². The van der Waals surface area contributed by atoms with Crippen molar-refractivity contribution in [3.8, 4) is 0 Å². The van der Waals surface area contributed by atoms with Crippen LogP contribution in [0.2, 0.25) is 0 Å². The van der Waals surface area contributed by atoms with Crippen molar-refractivity contribution in [2.75, 3.05) is 0 Å². The Hall–Kier alpha value is -0.940. The molecule has 13 heavy (non-hydrogen) atoms. The third kappa shape index (κ3) is 2.05. The van der Waals surface area contributed by atoms with Crippen LogP contribution in [-0.2, 0) is 14.3 Å². The lowest BCUT2D eigenvalue weighted by Gasteiger charge is -2.03. The molecule has 0 N–H and O–H groups in total. The fourth-order valence-corrected chi connectivity index (χ4v) is 1.72. The summed E-state index contributed by atoms with van der Waals surface area (Å²) in [5.74, 6) is -0.652. The van der Waals surface area contributed by atoms with E-state index in [0.717, 1.165) is 12.1 Å². The average molecular weight is 202 g/mol. The van der Waals surface area contributed by atoms with Gasteiger partial charge in [-0.1, -0.05) is 6.07 Å². The quantitative estimate of drug-likeness (QED) is 0.683. The number of hydrogen-bond acceptors (Lipinski definition) is 3. The highest BCUT2D eigenvalue weighted by Gasteiger charge is 2.16. The second-order valence-corrected chi connectivity index (χ2v) is 4.00. The van der Waals surface area contributed by atoms with E-state index in [2.05, 4.69) is 11.3 Å². The highest BCUT2D eigenvalue weighted by atomic mass is 32.2. The second kappa shape index (κ2) is 3.43. The maximum absolute atomic E-state index is 12.7. The number of benzene rings is 1. The van der Waals surface area contributed by atoms with E-state index in [9.17, 15) is 12.8 Å². The largest absolute Gasteiger partial charge is 0.297 e. The fraction of sp³-hybridized carbons (Fsp3) is 0.125. The molecule has 2 radical (unpaired) electrons. The molecule has 1 aromatic rings. The number of hydrogen-bond donors (Lipinski definition) is 0. The van der Waals surface area contributed by atoms with Gasteiger partial charge in [-0.05, 0) is 24.6 Å². The molecule has 0 aliphatic carbocycles. The molecule has 0 amide bonds. The van der Waals surface area contributed by atoms with Crippen LogP contribution in [0.4, 0.5) is 4.39 Å². The van der Waals surface area contributed by atoms with Crippen LogP contribution >= 0.6 is 0 Å². The van der Waals surface area contributed by atoms with E-state index in [1.54, 1.807) is 0 Å². The van der Waals surface area contributed by atoms with Crippen molar-refractivity contribution in [2.24, 2.45) is 0 Å². The van der Waals surface area contributed by atoms with Crippen molar-refractivity contribution < 1.29 is 17.0 Å². The molecule has 0 fully saturated rings. The van der Waals surface area contributed by atoms with Crippen molar-refractivity contribution in [3.05, 3.63) is 36.7 Å². The maximum atomic E-state index is 12.7. The molecule has 0 spiro atoms. The van der Waals surface area contributed by atoms with Gasteiger partial charge in [-0.2, -0.15) is 8.42 Å². The van der Waals surface area contributed by atoms with Gasteiger partial charge in [0, 0.05) is 0 Å². The summed E-state index contributed by atoms with van der Waals surface area (Å²) in [4.78, 5) is -0.255. The first-order valence-electron chi connectivity index (χ1n) is 3.37. The van der Waals surface area contributed by atoms with Crippen molar-refractivity contribution in [1.82, 2.24) is 0 Å². The summed E-state index contributed by atoms with van der Waals surface area (Å²) in [6, 6.07) is 3.35. The third-order valence-electron chi connectivity index (χ3n) is 1.55. The Balaban J connectivity index is 3.38. The van der Waals surface area contributed by atoms with Crippen LogP contribution in [0.5, 0.6) is 0 Å². The van der Waals surface area contributed by atoms with E-state index in [-0.39, 0.29) is 4.90 Å². The van der Waals surface area contributed by atoms with Crippen LogP contribution in [0, 0.1) is 19.9 Å². The summed E-state index contributed by atoms with van der Waals surface area (Å²) in [7, 11) is 0.533. The topological polar surface area (TPSA) is 43.4 Å². The van der Waals surface area contributed by atoms with E-state index >= 15 is 0 Å². The van der Waals surface area contributed by atoms with Gasteiger partial charge in [-0.15, -0.1) is 0 Å². The summed E-state index contributed by atoms with van der Waals surface area (Å²) < 4.78 is 38.5. The minimum absolute atomic E-state index is 0.255. The summed E-state index contributed by atoms with van der Waals surface area (Å²) in [6.45, 7) is 1.52. The van der Waals surface area contributed by atoms with Gasteiger partial charge in [0.25, 0.3) is 10.1 Å². The van der Waals surface area contributed by atoms with Gasteiger partial charge in [0.15, 0.2) is 0 Å². The first-order valence-corrected chi connectivity index (χ1v) is 4.78. The third-order valence-corrected chi connectivity index (χ3v) is 2.78. The monoisotopic (exact) mass is 202 g/mol. The van der Waals surface area contributed by atoms with Gasteiger partial charge in [0.2, 0.25) is 0 Å². The maximum Gasteiger partial charge on any atom is 0.297 e. The predicted molar refractivity (Wildman–Crippen MR) is 43.7 cm³/mol. The van der Waals surface area contributed by atoms with Crippen LogP contribution in [0.15, 0.2) is 23.1 Å². The van der Waals surface area contributed by atoms with Crippen LogP contribution in [0.25, 0.3) is 0 Å². The molecular formula is C8H7FO3S. The van der Waals surface area contributed by atoms with Crippen molar-refractivity contribution in [3.63, 3.8) is 0 Å². The molecule has 0 unspecified atom stereocenters. The molecule has 5 heteroatoms. The molecule has 0 saturated heterocycles. The molecule has 0 bridgehead atoms. The van der Waals surface area contributed by atoms with E-state index < -0.39 is 15.9 Å². The number of halogens is 1. The lowest BCUT2D eigenvalue weighted by Crippen LogP contribution is -2.04. The Morgan fingerprint density at radius 3 is 2.62 bits per heavy atom. The fourth-order valence-electron chi connectivity index (χ4n) is 0.895. The normalized spacial score (nSPS) is 11.6. The van der Waals surface area contributed by atoms with E-state index in [0.29, 0.717) is 5.56 Å². The zero-order valence-corrected chi connectivity index (χ0v) is 7.64. The molecule has 1 aromatic carbocycles. The summed E-state index contributed by atoms with van der Waals surface area (Å²) in [5, 5.41) is 0. The van der Waals surface area contributed by atoms with Crippen LogP contribution < -0.4 is 0 Å². The zero-order chi connectivity index (χ0) is 10.1. The van der Waals surface area contributed by atoms with Gasteiger partial charge in [-0.3, -0.25) is 4.18 Å². The molecule has 0 heterocycles. The molecule has 0 saturated carbocycles. The lowest BCUT2D eigenvalue weighted by molar-refractivity contribution is 0.436. The van der Waals surface area contributed by atoms with Crippen molar-refractivity contribution in [2.45, 2.75) is 11.8 Å². The molecule has 0 aliphatic heterocycles. The van der Waals surface area contributed by atoms with Crippen molar-refractivity contribution in [1.29, 1.82) is 0 Å². The van der Waals surface area contributed by atoms with Crippen LogP contribution in [-0.4, -0.2) is 8.42 Å². The summed E-state index contributed by atoms with van der Waals surface area (Å²) >= 11 is 0. The molecular weight excluding hydrogens is 195 g/mol. The summed E-state index contributed by atoms with van der Waals surface area (Å²) in [6.07, 6.45) is 0. The van der Waals surface area contributed by atoms with Gasteiger partial charge in [-0.25, -0.2) is 4.39 Å². The highest BCUT2D eigenvalue weighted by molar-refractivity contribution is 7.86. The van der Waals surface area contributed by atoms with Crippen LogP contribution in [0.1, 0.15) is 5.56 Å².